The summed E-state index contributed by atoms with van der Waals surface area (Å²) in [4.78, 5) is 0. The number of hydrogen-bond acceptors (Lipinski definition) is 3. The normalized spacial score (nSPS) is 10.8. The van der Waals surface area contributed by atoms with E-state index in [0.29, 0.717) is 27.2 Å². The third kappa shape index (κ3) is 2.50. The molecule has 2 N–H and O–H groups in total. The molecule has 1 aromatic heterocycles. The first-order valence-corrected chi connectivity index (χ1v) is 7.10. The minimum Gasteiger partial charge on any atom is -0.380 e. The topological polar surface area (TPSA) is 52.0 Å². The van der Waals surface area contributed by atoms with E-state index in [-0.39, 0.29) is 0 Å². The third-order valence-corrected chi connectivity index (χ3v) is 3.87. The molecule has 0 amide bonds. The first kappa shape index (κ1) is 14.0. The fourth-order valence-electron chi connectivity index (χ4n) is 2.25. The molecule has 3 rings (SSSR count). The van der Waals surface area contributed by atoms with E-state index in [4.69, 9.17) is 33.5 Å². The molecule has 0 aliphatic heterocycles. The number of nitrogens with two attached hydrogens (primary N) is 1. The number of halogens is 2. The lowest BCUT2D eigenvalue weighted by molar-refractivity contribution is 0.436. The summed E-state index contributed by atoms with van der Waals surface area (Å²) < 4.78 is 5.43. The molecule has 0 fully saturated rings. The van der Waals surface area contributed by atoms with Crippen molar-refractivity contribution in [1.82, 2.24) is 5.16 Å². The van der Waals surface area contributed by atoms with Gasteiger partial charge in [-0.15, -0.1) is 0 Å². The maximum absolute atomic E-state index is 6.27. The molecule has 21 heavy (non-hydrogen) atoms. The zero-order valence-corrected chi connectivity index (χ0v) is 12.7. The van der Waals surface area contributed by atoms with Gasteiger partial charge in [-0.1, -0.05) is 52.6 Å². The average Bonchev–Trinajstić information content (AvgIpc) is 2.84. The van der Waals surface area contributed by atoms with Gasteiger partial charge in [0.05, 0.1) is 5.56 Å². The monoisotopic (exact) mass is 318 g/mol. The summed E-state index contributed by atoms with van der Waals surface area (Å²) in [6, 6.07) is 13.0. The molecule has 1 heterocycles. The van der Waals surface area contributed by atoms with Crippen LogP contribution >= 0.6 is 23.2 Å². The van der Waals surface area contributed by atoms with Gasteiger partial charge in [-0.05, 0) is 30.7 Å². The average molecular weight is 319 g/mol. The molecular weight excluding hydrogens is 307 g/mol. The van der Waals surface area contributed by atoms with Crippen LogP contribution in [0.5, 0.6) is 0 Å². The molecule has 2 aromatic carbocycles. The first-order chi connectivity index (χ1) is 10.1. The standard InChI is InChI=1S/C16H12Cl2N2O/c1-9-6-7-10(17)8-12(9)15-14(16(19)20-21-15)11-4-2-3-5-13(11)18/h2-8H,1H3,(H2,19,20). The first-order valence-electron chi connectivity index (χ1n) is 6.34. The predicted octanol–water partition coefficient (Wildman–Crippen LogP) is 5.21. The van der Waals surface area contributed by atoms with Crippen molar-refractivity contribution in [3.8, 4) is 22.5 Å². The summed E-state index contributed by atoms with van der Waals surface area (Å²) in [7, 11) is 0. The minimum absolute atomic E-state index is 0.303. The van der Waals surface area contributed by atoms with Crippen molar-refractivity contribution in [2.75, 3.05) is 5.73 Å². The van der Waals surface area contributed by atoms with Crippen molar-refractivity contribution in [3.63, 3.8) is 0 Å². The maximum atomic E-state index is 6.27. The van der Waals surface area contributed by atoms with E-state index in [2.05, 4.69) is 5.16 Å². The van der Waals surface area contributed by atoms with E-state index in [0.717, 1.165) is 16.7 Å². The van der Waals surface area contributed by atoms with Gasteiger partial charge in [-0.3, -0.25) is 0 Å². The third-order valence-electron chi connectivity index (χ3n) is 3.31. The summed E-state index contributed by atoms with van der Waals surface area (Å²) in [6.07, 6.45) is 0. The molecule has 3 nitrogen and oxygen atoms in total. The molecule has 0 spiro atoms. The van der Waals surface area contributed by atoms with Gasteiger partial charge in [-0.2, -0.15) is 0 Å². The van der Waals surface area contributed by atoms with Gasteiger partial charge in [0.25, 0.3) is 0 Å². The number of anilines is 1. The van der Waals surface area contributed by atoms with E-state index >= 15 is 0 Å². The number of nitrogens with zero attached hydrogens (tertiary/aromatic N) is 1. The van der Waals surface area contributed by atoms with Crippen LogP contribution in [-0.4, -0.2) is 5.16 Å². The van der Waals surface area contributed by atoms with Crippen LogP contribution in [0.4, 0.5) is 5.82 Å². The lowest BCUT2D eigenvalue weighted by Crippen LogP contribution is -1.90. The maximum Gasteiger partial charge on any atom is 0.177 e. The molecule has 0 aliphatic carbocycles. The van der Waals surface area contributed by atoms with Gasteiger partial charge in [0.1, 0.15) is 0 Å². The van der Waals surface area contributed by atoms with Crippen LogP contribution in [0, 0.1) is 6.92 Å². The molecule has 0 unspecified atom stereocenters. The Morgan fingerprint density at radius 2 is 1.81 bits per heavy atom. The Morgan fingerprint density at radius 1 is 1.05 bits per heavy atom. The van der Waals surface area contributed by atoms with Crippen molar-refractivity contribution in [2.45, 2.75) is 6.92 Å². The Bertz CT molecular complexity index is 812. The Kier molecular flexibility index (Phi) is 3.62. The number of aromatic nitrogens is 1. The Labute approximate surface area is 132 Å². The van der Waals surface area contributed by atoms with Gasteiger partial charge >= 0.3 is 0 Å². The van der Waals surface area contributed by atoms with Crippen molar-refractivity contribution in [3.05, 3.63) is 58.1 Å². The van der Waals surface area contributed by atoms with Crippen molar-refractivity contribution < 1.29 is 4.52 Å². The van der Waals surface area contributed by atoms with Crippen molar-refractivity contribution >= 4 is 29.0 Å². The molecule has 0 radical (unpaired) electrons. The number of rotatable bonds is 2. The molecular formula is C16H12Cl2N2O. The molecule has 3 aromatic rings. The molecule has 5 heteroatoms. The van der Waals surface area contributed by atoms with Crippen LogP contribution in [0.25, 0.3) is 22.5 Å². The van der Waals surface area contributed by atoms with Crippen LogP contribution < -0.4 is 5.73 Å². The molecule has 0 saturated heterocycles. The second-order valence-corrected chi connectivity index (χ2v) is 5.55. The van der Waals surface area contributed by atoms with Gasteiger partial charge in [0, 0.05) is 21.2 Å². The van der Waals surface area contributed by atoms with Gasteiger partial charge in [-0.25, -0.2) is 0 Å². The largest absolute Gasteiger partial charge is 0.380 e. The van der Waals surface area contributed by atoms with E-state index in [1.807, 2.05) is 43.3 Å². The summed E-state index contributed by atoms with van der Waals surface area (Å²) in [5.41, 5.74) is 9.31. The fourth-order valence-corrected chi connectivity index (χ4v) is 2.65. The molecule has 0 aliphatic rings. The van der Waals surface area contributed by atoms with Crippen LogP contribution in [0.1, 0.15) is 5.56 Å². The number of benzene rings is 2. The highest BCUT2D eigenvalue weighted by Gasteiger charge is 2.20. The van der Waals surface area contributed by atoms with Crippen LogP contribution in [0.3, 0.4) is 0 Å². The zero-order chi connectivity index (χ0) is 15.0. The van der Waals surface area contributed by atoms with E-state index < -0.39 is 0 Å². The molecule has 0 atom stereocenters. The van der Waals surface area contributed by atoms with Crippen molar-refractivity contribution in [2.24, 2.45) is 0 Å². The Hall–Kier alpha value is -1.97. The molecule has 0 saturated carbocycles. The zero-order valence-electron chi connectivity index (χ0n) is 11.2. The molecule has 106 valence electrons. The smallest absolute Gasteiger partial charge is 0.177 e. The lowest BCUT2D eigenvalue weighted by Gasteiger charge is -2.07. The minimum atomic E-state index is 0.303. The predicted molar refractivity (Wildman–Crippen MR) is 86.5 cm³/mol. The van der Waals surface area contributed by atoms with Gasteiger partial charge < -0.3 is 10.3 Å². The SMILES string of the molecule is Cc1ccc(Cl)cc1-c1onc(N)c1-c1ccccc1Cl. The van der Waals surface area contributed by atoms with E-state index in [9.17, 15) is 0 Å². The van der Waals surface area contributed by atoms with E-state index in [1.165, 1.54) is 0 Å². The van der Waals surface area contributed by atoms with Crippen molar-refractivity contribution in [1.29, 1.82) is 0 Å². The highest BCUT2D eigenvalue weighted by molar-refractivity contribution is 6.33. The quantitative estimate of drug-likeness (QED) is 0.706. The number of aryl methyl sites for hydroxylation is 1. The second-order valence-electron chi connectivity index (χ2n) is 4.71. The fraction of sp³-hybridized carbons (Fsp3) is 0.0625. The number of hydrogen-bond donors (Lipinski definition) is 1. The Morgan fingerprint density at radius 3 is 2.57 bits per heavy atom. The summed E-state index contributed by atoms with van der Waals surface area (Å²) in [5, 5.41) is 5.09. The lowest BCUT2D eigenvalue weighted by atomic mass is 9.98. The summed E-state index contributed by atoms with van der Waals surface area (Å²) in [6.45, 7) is 1.97. The summed E-state index contributed by atoms with van der Waals surface area (Å²) >= 11 is 12.4. The highest BCUT2D eigenvalue weighted by atomic mass is 35.5. The summed E-state index contributed by atoms with van der Waals surface area (Å²) in [5.74, 6) is 0.873. The van der Waals surface area contributed by atoms with Crippen LogP contribution in [-0.2, 0) is 0 Å². The number of nitrogen functional groups attached to an aromatic ring is 1. The Balaban J connectivity index is 2.27. The van der Waals surface area contributed by atoms with Gasteiger partial charge in [0.15, 0.2) is 11.6 Å². The van der Waals surface area contributed by atoms with E-state index in [1.54, 1.807) is 6.07 Å². The van der Waals surface area contributed by atoms with Crippen LogP contribution in [0.2, 0.25) is 10.0 Å². The van der Waals surface area contributed by atoms with Crippen LogP contribution in [0.15, 0.2) is 47.0 Å². The molecule has 0 bridgehead atoms. The highest BCUT2D eigenvalue weighted by Crippen LogP contribution is 2.41. The van der Waals surface area contributed by atoms with Gasteiger partial charge in [0.2, 0.25) is 0 Å². The second kappa shape index (κ2) is 5.43.